The van der Waals surface area contributed by atoms with Crippen molar-refractivity contribution in [3.05, 3.63) is 64.7 Å². The topological polar surface area (TPSA) is 84.9 Å². The number of amides is 1. The highest BCUT2D eigenvalue weighted by atomic mass is 35.5. The van der Waals surface area contributed by atoms with E-state index in [1.807, 2.05) is 52.0 Å². The fourth-order valence-corrected chi connectivity index (χ4v) is 3.33. The molecule has 1 aliphatic rings. The van der Waals surface area contributed by atoms with Gasteiger partial charge in [0, 0.05) is 6.42 Å². The van der Waals surface area contributed by atoms with Gasteiger partial charge in [0.05, 0.1) is 21.8 Å². The Kier molecular flexibility index (Phi) is 6.27. The van der Waals surface area contributed by atoms with Gasteiger partial charge >= 0.3 is 13.1 Å². The summed E-state index contributed by atoms with van der Waals surface area (Å²) in [7, 11) is -0.487. The molecule has 0 bridgehead atoms. The number of carboxylic acid groups (broad SMARTS) is 1. The van der Waals surface area contributed by atoms with Gasteiger partial charge in [-0.3, -0.25) is 4.79 Å². The minimum absolute atomic E-state index is 0.134. The van der Waals surface area contributed by atoms with Crippen LogP contribution in [0.5, 0.6) is 0 Å². The van der Waals surface area contributed by atoms with Gasteiger partial charge in [-0.1, -0.05) is 48.0 Å². The lowest BCUT2D eigenvalue weighted by Gasteiger charge is -2.32. The lowest BCUT2D eigenvalue weighted by molar-refractivity contribution is -0.139. The molecule has 2 aromatic carbocycles. The summed E-state index contributed by atoms with van der Waals surface area (Å²) >= 11 is 6.03. The Bertz CT molecular complexity index is 929. The van der Waals surface area contributed by atoms with Gasteiger partial charge in [-0.25, -0.2) is 4.79 Å². The van der Waals surface area contributed by atoms with Crippen LogP contribution in [0, 0.1) is 0 Å². The zero-order chi connectivity index (χ0) is 22.1. The predicted molar refractivity (Wildman–Crippen MR) is 116 cm³/mol. The van der Waals surface area contributed by atoms with Gasteiger partial charge in [0.1, 0.15) is 6.04 Å². The summed E-state index contributed by atoms with van der Waals surface area (Å²) in [5.41, 5.74) is 0.981. The lowest BCUT2D eigenvalue weighted by atomic mass is 9.78. The Morgan fingerprint density at radius 1 is 1.03 bits per heavy atom. The predicted octanol–water partition coefficient (Wildman–Crippen LogP) is 3.06. The highest BCUT2D eigenvalue weighted by molar-refractivity contribution is 6.62. The molecule has 1 amide bonds. The second kappa shape index (κ2) is 8.42. The highest BCUT2D eigenvalue weighted by Crippen LogP contribution is 2.36. The average Bonchev–Trinajstić information content (AvgIpc) is 2.89. The van der Waals surface area contributed by atoms with E-state index in [2.05, 4.69) is 5.32 Å². The smallest absolute Gasteiger partial charge is 0.480 e. The zero-order valence-electron chi connectivity index (χ0n) is 17.4. The molecule has 1 aliphatic heterocycles. The molecule has 30 heavy (non-hydrogen) atoms. The third-order valence-corrected chi connectivity index (χ3v) is 6.00. The maximum Gasteiger partial charge on any atom is 0.494 e. The molecule has 0 aliphatic carbocycles. The van der Waals surface area contributed by atoms with Crippen molar-refractivity contribution < 1.29 is 24.0 Å². The number of nitrogens with one attached hydrogen (secondary N) is 1. The van der Waals surface area contributed by atoms with Crippen molar-refractivity contribution >= 4 is 36.1 Å². The molecule has 1 fully saturated rings. The van der Waals surface area contributed by atoms with Crippen LogP contribution in [0.3, 0.4) is 0 Å². The van der Waals surface area contributed by atoms with Gasteiger partial charge in [0.2, 0.25) is 0 Å². The lowest BCUT2D eigenvalue weighted by Crippen LogP contribution is -2.42. The largest absolute Gasteiger partial charge is 0.494 e. The minimum atomic E-state index is -1.12. The van der Waals surface area contributed by atoms with Crippen LogP contribution < -0.4 is 10.8 Å². The Morgan fingerprint density at radius 2 is 1.60 bits per heavy atom. The molecule has 1 heterocycles. The first kappa shape index (κ1) is 22.3. The van der Waals surface area contributed by atoms with Crippen LogP contribution >= 0.6 is 11.6 Å². The summed E-state index contributed by atoms with van der Waals surface area (Å²) in [6.07, 6.45) is 0.134. The normalized spacial score (nSPS) is 18.1. The van der Waals surface area contributed by atoms with E-state index in [9.17, 15) is 14.7 Å². The number of hydrogen-bond donors (Lipinski definition) is 2. The van der Waals surface area contributed by atoms with Crippen molar-refractivity contribution in [2.45, 2.75) is 51.4 Å². The zero-order valence-corrected chi connectivity index (χ0v) is 18.2. The molecule has 0 spiro atoms. The van der Waals surface area contributed by atoms with Crippen molar-refractivity contribution in [1.29, 1.82) is 0 Å². The number of benzene rings is 2. The van der Waals surface area contributed by atoms with Crippen LogP contribution in [-0.4, -0.2) is 41.3 Å². The summed E-state index contributed by atoms with van der Waals surface area (Å²) in [5.74, 6) is -1.65. The van der Waals surface area contributed by atoms with Crippen LogP contribution in [0.25, 0.3) is 0 Å². The maximum atomic E-state index is 12.4. The SMILES string of the molecule is CC1(C)OB(c2ccc(C[C@H](NC(=O)c3ccccc3Cl)C(=O)O)cc2)OC1(C)C. The van der Waals surface area contributed by atoms with E-state index in [0.29, 0.717) is 0 Å². The average molecular weight is 430 g/mol. The molecule has 2 aromatic rings. The van der Waals surface area contributed by atoms with E-state index >= 15 is 0 Å². The summed E-state index contributed by atoms with van der Waals surface area (Å²) in [6, 6.07) is 12.8. The maximum absolute atomic E-state index is 12.4. The molecule has 0 saturated carbocycles. The first-order chi connectivity index (χ1) is 14.0. The van der Waals surface area contributed by atoms with Crippen LogP contribution in [-0.2, 0) is 20.5 Å². The van der Waals surface area contributed by atoms with Crippen LogP contribution in [0.4, 0.5) is 0 Å². The first-order valence-corrected chi connectivity index (χ1v) is 10.1. The van der Waals surface area contributed by atoms with E-state index in [1.54, 1.807) is 24.3 Å². The number of aliphatic carboxylic acids is 1. The molecule has 1 saturated heterocycles. The van der Waals surface area contributed by atoms with Crippen LogP contribution in [0.15, 0.2) is 48.5 Å². The first-order valence-electron chi connectivity index (χ1n) is 9.73. The van der Waals surface area contributed by atoms with E-state index in [1.165, 1.54) is 0 Å². The van der Waals surface area contributed by atoms with E-state index < -0.39 is 36.2 Å². The molecule has 158 valence electrons. The molecule has 0 unspecified atom stereocenters. The second-order valence-corrected chi connectivity index (χ2v) is 8.79. The van der Waals surface area contributed by atoms with E-state index in [4.69, 9.17) is 20.9 Å². The monoisotopic (exact) mass is 429 g/mol. The number of rotatable bonds is 6. The molecule has 8 heteroatoms. The minimum Gasteiger partial charge on any atom is -0.480 e. The third-order valence-electron chi connectivity index (χ3n) is 5.67. The van der Waals surface area contributed by atoms with Gasteiger partial charge in [-0.05, 0) is 50.9 Å². The van der Waals surface area contributed by atoms with Gasteiger partial charge in [-0.15, -0.1) is 0 Å². The fourth-order valence-electron chi connectivity index (χ4n) is 3.11. The Morgan fingerprint density at radius 3 is 2.13 bits per heavy atom. The molecular weight excluding hydrogens is 405 g/mol. The number of hydrogen-bond acceptors (Lipinski definition) is 4. The summed E-state index contributed by atoms with van der Waals surface area (Å²) in [5, 5.41) is 12.4. The summed E-state index contributed by atoms with van der Waals surface area (Å²) in [4.78, 5) is 24.1. The quantitative estimate of drug-likeness (QED) is 0.689. The molecule has 3 rings (SSSR count). The van der Waals surface area contributed by atoms with Crippen molar-refractivity contribution in [1.82, 2.24) is 5.32 Å². The molecule has 1 atom stereocenters. The molecular formula is C22H25BClNO5. The molecule has 6 nitrogen and oxygen atoms in total. The van der Waals surface area contributed by atoms with Gasteiger partial charge < -0.3 is 19.7 Å². The number of carbonyl (C=O) groups excluding carboxylic acids is 1. The fraction of sp³-hybridized carbons (Fsp3) is 0.364. The third kappa shape index (κ3) is 4.69. The van der Waals surface area contributed by atoms with Gasteiger partial charge in [0.15, 0.2) is 0 Å². The van der Waals surface area contributed by atoms with Gasteiger partial charge in [-0.2, -0.15) is 0 Å². The van der Waals surface area contributed by atoms with Crippen molar-refractivity contribution in [2.75, 3.05) is 0 Å². The molecule has 2 N–H and O–H groups in total. The van der Waals surface area contributed by atoms with E-state index in [0.717, 1.165) is 11.0 Å². The summed E-state index contributed by atoms with van der Waals surface area (Å²) in [6.45, 7) is 7.95. The Hall–Kier alpha value is -2.35. The second-order valence-electron chi connectivity index (χ2n) is 8.38. The number of carbonyl (C=O) groups is 2. The Labute approximate surface area is 181 Å². The summed E-state index contributed by atoms with van der Waals surface area (Å²) < 4.78 is 12.1. The van der Waals surface area contributed by atoms with Crippen LogP contribution in [0.1, 0.15) is 43.6 Å². The Balaban J connectivity index is 1.69. The highest BCUT2D eigenvalue weighted by Gasteiger charge is 2.51. The van der Waals surface area contributed by atoms with Crippen LogP contribution in [0.2, 0.25) is 5.02 Å². The van der Waals surface area contributed by atoms with Crippen molar-refractivity contribution in [3.63, 3.8) is 0 Å². The standard InChI is InChI=1S/C22H25BClNO5/c1-21(2)22(3,4)30-23(29-21)15-11-9-14(10-12-15)13-18(20(27)28)25-19(26)16-7-5-6-8-17(16)24/h5-12,18H,13H2,1-4H3,(H,25,26)(H,27,28)/t18-/m0/s1. The van der Waals surface area contributed by atoms with Crippen molar-refractivity contribution in [3.8, 4) is 0 Å². The van der Waals surface area contributed by atoms with E-state index in [-0.39, 0.29) is 17.0 Å². The van der Waals surface area contributed by atoms with Gasteiger partial charge in [0.25, 0.3) is 5.91 Å². The molecule has 0 aromatic heterocycles. The van der Waals surface area contributed by atoms with Crippen molar-refractivity contribution in [2.24, 2.45) is 0 Å². The number of carboxylic acids is 1. The number of halogens is 1. The molecule has 0 radical (unpaired) electrons.